The molecule has 0 bridgehead atoms. The van der Waals surface area contributed by atoms with Crippen molar-refractivity contribution in [3.8, 4) is 0 Å². The van der Waals surface area contributed by atoms with Gasteiger partial charge in [-0.3, -0.25) is 9.78 Å². The highest BCUT2D eigenvalue weighted by atomic mass is 16.5. The smallest absolute Gasteiger partial charge is 0.255 e. The molecule has 3 heterocycles. The summed E-state index contributed by atoms with van der Waals surface area (Å²) in [4.78, 5) is 18.4. The Morgan fingerprint density at radius 1 is 1.58 bits per heavy atom. The van der Waals surface area contributed by atoms with Crippen LogP contribution in [0.1, 0.15) is 23.2 Å². The van der Waals surface area contributed by atoms with Crippen LogP contribution in [0.25, 0.3) is 0 Å². The number of carbonyl (C=O) groups is 1. The Hall–Kier alpha value is -1.46. The van der Waals surface area contributed by atoms with E-state index >= 15 is 0 Å². The molecule has 2 aliphatic rings. The molecule has 3 atom stereocenters. The molecule has 0 N–H and O–H groups in total. The van der Waals surface area contributed by atoms with Gasteiger partial charge in [0.2, 0.25) is 0 Å². The molecule has 0 saturated carbocycles. The van der Waals surface area contributed by atoms with Crippen LogP contribution in [-0.4, -0.2) is 54.3 Å². The van der Waals surface area contributed by atoms with E-state index in [1.807, 2.05) is 4.90 Å². The summed E-state index contributed by atoms with van der Waals surface area (Å²) in [6.45, 7) is 1.36. The second kappa shape index (κ2) is 5.27. The summed E-state index contributed by atoms with van der Waals surface area (Å²) in [7, 11) is 1.68. The number of hydrogen-bond donors (Lipinski definition) is 0. The van der Waals surface area contributed by atoms with Gasteiger partial charge in [0.25, 0.3) is 5.91 Å². The third-order valence-corrected chi connectivity index (χ3v) is 3.95. The van der Waals surface area contributed by atoms with E-state index in [0.717, 1.165) is 19.4 Å². The highest BCUT2D eigenvalue weighted by Crippen LogP contribution is 2.31. The number of hydrogen-bond acceptors (Lipinski definition) is 4. The summed E-state index contributed by atoms with van der Waals surface area (Å²) in [5.74, 6) is 0.0214. The minimum absolute atomic E-state index is 0.0133. The van der Waals surface area contributed by atoms with Crippen molar-refractivity contribution in [1.29, 1.82) is 0 Å². The monoisotopic (exact) mass is 262 g/mol. The van der Waals surface area contributed by atoms with E-state index in [4.69, 9.17) is 9.47 Å². The Kier molecular flexibility index (Phi) is 3.48. The number of pyridine rings is 1. The number of carbonyl (C=O) groups excluding carboxylic acids is 1. The van der Waals surface area contributed by atoms with E-state index in [-0.39, 0.29) is 24.2 Å². The first kappa shape index (κ1) is 12.6. The first-order chi connectivity index (χ1) is 9.31. The Morgan fingerprint density at radius 3 is 3.21 bits per heavy atom. The number of likely N-dealkylation sites (tertiary alicyclic amines) is 1. The normalized spacial score (nSPS) is 30.2. The minimum Gasteiger partial charge on any atom is -0.377 e. The van der Waals surface area contributed by atoms with Crippen molar-refractivity contribution in [3.63, 3.8) is 0 Å². The lowest BCUT2D eigenvalue weighted by Gasteiger charge is -2.31. The number of fused-ring (bicyclic) bond motifs is 1. The highest BCUT2D eigenvalue weighted by molar-refractivity contribution is 5.94. The van der Waals surface area contributed by atoms with Crippen molar-refractivity contribution in [2.75, 3.05) is 20.3 Å². The van der Waals surface area contributed by atoms with Crippen molar-refractivity contribution in [1.82, 2.24) is 9.88 Å². The minimum atomic E-state index is -0.0223. The van der Waals surface area contributed by atoms with Gasteiger partial charge in [-0.2, -0.15) is 0 Å². The van der Waals surface area contributed by atoms with Crippen molar-refractivity contribution < 1.29 is 14.3 Å². The summed E-state index contributed by atoms with van der Waals surface area (Å²) in [6, 6.07) is 3.71. The standard InChI is InChI=1S/C14H18N2O3/c1-18-12-9-16(11-5-3-7-19-13(11)12)14(17)10-4-2-6-15-8-10/h2,4,6,8,11-13H,3,5,7,9H2,1H3/t11-,12+,13+/m1/s1. The summed E-state index contributed by atoms with van der Waals surface area (Å²) in [6.07, 6.45) is 5.25. The van der Waals surface area contributed by atoms with Gasteiger partial charge in [-0.25, -0.2) is 0 Å². The lowest BCUT2D eigenvalue weighted by atomic mass is 10.0. The molecule has 102 valence electrons. The van der Waals surface area contributed by atoms with E-state index in [9.17, 15) is 4.79 Å². The fourth-order valence-corrected chi connectivity index (χ4v) is 3.01. The molecule has 0 spiro atoms. The molecule has 19 heavy (non-hydrogen) atoms. The second-order valence-electron chi connectivity index (χ2n) is 5.02. The molecule has 0 unspecified atom stereocenters. The average molecular weight is 262 g/mol. The van der Waals surface area contributed by atoms with E-state index < -0.39 is 0 Å². The molecule has 0 aliphatic carbocycles. The molecule has 5 nitrogen and oxygen atoms in total. The Balaban J connectivity index is 1.82. The van der Waals surface area contributed by atoms with Crippen LogP contribution in [0, 0.1) is 0 Å². The van der Waals surface area contributed by atoms with E-state index in [0.29, 0.717) is 12.1 Å². The summed E-state index contributed by atoms with van der Waals surface area (Å²) in [5, 5.41) is 0. The largest absolute Gasteiger partial charge is 0.377 e. The number of rotatable bonds is 2. The van der Waals surface area contributed by atoms with Crippen molar-refractivity contribution in [2.45, 2.75) is 31.1 Å². The third-order valence-electron chi connectivity index (χ3n) is 3.95. The molecular weight excluding hydrogens is 244 g/mol. The maximum Gasteiger partial charge on any atom is 0.255 e. The van der Waals surface area contributed by atoms with Crippen LogP contribution in [0.3, 0.4) is 0 Å². The Labute approximate surface area is 112 Å². The molecule has 1 aromatic heterocycles. The van der Waals surface area contributed by atoms with Gasteiger partial charge in [-0.1, -0.05) is 0 Å². The molecule has 2 saturated heterocycles. The maximum absolute atomic E-state index is 12.5. The highest BCUT2D eigenvalue weighted by Gasteiger charge is 2.46. The number of nitrogens with zero attached hydrogens (tertiary/aromatic N) is 2. The number of aromatic nitrogens is 1. The zero-order chi connectivity index (χ0) is 13.2. The van der Waals surface area contributed by atoms with Crippen LogP contribution < -0.4 is 0 Å². The molecule has 2 aliphatic heterocycles. The van der Waals surface area contributed by atoms with Crippen molar-refractivity contribution in [3.05, 3.63) is 30.1 Å². The fraction of sp³-hybridized carbons (Fsp3) is 0.571. The zero-order valence-corrected chi connectivity index (χ0v) is 11.0. The molecule has 1 aromatic rings. The van der Waals surface area contributed by atoms with Crippen LogP contribution in [-0.2, 0) is 9.47 Å². The third kappa shape index (κ3) is 2.24. The lowest BCUT2D eigenvalue weighted by Crippen LogP contribution is -2.43. The van der Waals surface area contributed by atoms with Crippen LogP contribution in [0.5, 0.6) is 0 Å². The molecule has 1 amide bonds. The fourth-order valence-electron chi connectivity index (χ4n) is 3.01. The first-order valence-corrected chi connectivity index (χ1v) is 6.66. The molecular formula is C14H18N2O3. The molecule has 5 heteroatoms. The van der Waals surface area contributed by atoms with Gasteiger partial charge in [-0.15, -0.1) is 0 Å². The second-order valence-corrected chi connectivity index (χ2v) is 5.02. The number of methoxy groups -OCH3 is 1. The number of ether oxygens (including phenoxy) is 2. The Morgan fingerprint density at radius 2 is 2.47 bits per heavy atom. The van der Waals surface area contributed by atoms with Gasteiger partial charge in [0.05, 0.1) is 18.2 Å². The zero-order valence-electron chi connectivity index (χ0n) is 11.0. The van der Waals surface area contributed by atoms with Crippen molar-refractivity contribution in [2.24, 2.45) is 0 Å². The topological polar surface area (TPSA) is 51.7 Å². The molecule has 3 rings (SSSR count). The summed E-state index contributed by atoms with van der Waals surface area (Å²) >= 11 is 0. The van der Waals surface area contributed by atoms with Gasteiger partial charge in [0, 0.05) is 26.1 Å². The molecule has 0 radical (unpaired) electrons. The van der Waals surface area contributed by atoms with Crippen LogP contribution >= 0.6 is 0 Å². The van der Waals surface area contributed by atoms with E-state index in [1.165, 1.54) is 0 Å². The Bertz CT molecular complexity index is 451. The van der Waals surface area contributed by atoms with Gasteiger partial charge < -0.3 is 14.4 Å². The predicted molar refractivity (Wildman–Crippen MR) is 68.8 cm³/mol. The molecule has 0 aromatic carbocycles. The predicted octanol–water partition coefficient (Wildman–Crippen LogP) is 1.10. The quantitative estimate of drug-likeness (QED) is 0.801. The summed E-state index contributed by atoms with van der Waals surface area (Å²) < 4.78 is 11.2. The van der Waals surface area contributed by atoms with Crippen LogP contribution in [0.15, 0.2) is 24.5 Å². The van der Waals surface area contributed by atoms with Crippen molar-refractivity contribution >= 4 is 5.91 Å². The van der Waals surface area contributed by atoms with E-state index in [2.05, 4.69) is 4.98 Å². The average Bonchev–Trinajstić information content (AvgIpc) is 2.86. The van der Waals surface area contributed by atoms with Gasteiger partial charge in [0.15, 0.2) is 0 Å². The summed E-state index contributed by atoms with van der Waals surface area (Å²) in [5.41, 5.74) is 0.628. The first-order valence-electron chi connectivity index (χ1n) is 6.66. The maximum atomic E-state index is 12.5. The lowest BCUT2D eigenvalue weighted by molar-refractivity contribution is -0.0639. The van der Waals surface area contributed by atoms with Gasteiger partial charge in [-0.05, 0) is 25.0 Å². The SMILES string of the molecule is CO[C@H]1CN(C(=O)c2cccnc2)[C@@H]2CCCO[C@H]12. The van der Waals surface area contributed by atoms with Gasteiger partial charge in [0.1, 0.15) is 12.2 Å². The van der Waals surface area contributed by atoms with Crippen LogP contribution in [0.4, 0.5) is 0 Å². The van der Waals surface area contributed by atoms with Crippen LogP contribution in [0.2, 0.25) is 0 Å². The number of amides is 1. The van der Waals surface area contributed by atoms with Gasteiger partial charge >= 0.3 is 0 Å². The van der Waals surface area contributed by atoms with E-state index in [1.54, 1.807) is 31.6 Å². The molecule has 2 fully saturated rings.